The maximum atomic E-state index is 13.4. The normalized spacial score (nSPS) is 21.1. The van der Waals surface area contributed by atoms with E-state index in [4.69, 9.17) is 14.2 Å². The van der Waals surface area contributed by atoms with Crippen molar-refractivity contribution in [1.82, 2.24) is 4.90 Å². The highest BCUT2D eigenvalue weighted by molar-refractivity contribution is 5.79. The molecule has 1 fully saturated rings. The molecule has 1 atom stereocenters. The van der Waals surface area contributed by atoms with Crippen LogP contribution in [0.4, 0.5) is 0 Å². The van der Waals surface area contributed by atoms with Gasteiger partial charge < -0.3 is 19.1 Å². The van der Waals surface area contributed by atoms with Gasteiger partial charge in [0.05, 0.1) is 6.04 Å². The van der Waals surface area contributed by atoms with E-state index in [0.717, 1.165) is 47.8 Å². The first kappa shape index (κ1) is 20.2. The third kappa shape index (κ3) is 3.54. The molecular formula is C26H31NO4. The summed E-state index contributed by atoms with van der Waals surface area (Å²) in [4.78, 5) is 15.4. The Labute approximate surface area is 184 Å². The number of rotatable bonds is 3. The molecular weight excluding hydrogens is 390 g/mol. The van der Waals surface area contributed by atoms with Crippen molar-refractivity contribution < 1.29 is 19.0 Å². The van der Waals surface area contributed by atoms with Gasteiger partial charge in [-0.25, -0.2) is 0 Å². The van der Waals surface area contributed by atoms with Crippen LogP contribution in [0.25, 0.3) is 0 Å². The van der Waals surface area contributed by atoms with Crippen LogP contribution in [0.3, 0.4) is 0 Å². The number of aryl methyl sites for hydroxylation is 2. The van der Waals surface area contributed by atoms with Crippen molar-refractivity contribution in [3.8, 4) is 17.2 Å². The summed E-state index contributed by atoms with van der Waals surface area (Å²) >= 11 is 0. The number of hydrogen-bond donors (Lipinski definition) is 0. The minimum absolute atomic E-state index is 0.00654. The molecule has 0 saturated heterocycles. The lowest BCUT2D eigenvalue weighted by Crippen LogP contribution is -2.50. The van der Waals surface area contributed by atoms with Gasteiger partial charge in [0.25, 0.3) is 5.91 Å². The van der Waals surface area contributed by atoms with Crippen LogP contribution in [0.5, 0.6) is 17.2 Å². The number of carbonyl (C=O) groups excluding carboxylic acids is 1. The lowest BCUT2D eigenvalue weighted by molar-refractivity contribution is -0.137. The molecule has 0 aromatic heterocycles. The summed E-state index contributed by atoms with van der Waals surface area (Å²) in [6, 6.07) is 10.4. The Hall–Kier alpha value is -2.69. The molecule has 1 unspecified atom stereocenters. The van der Waals surface area contributed by atoms with E-state index in [1.165, 1.54) is 24.0 Å². The summed E-state index contributed by atoms with van der Waals surface area (Å²) in [5, 5.41) is 0. The van der Waals surface area contributed by atoms with Gasteiger partial charge in [-0.1, -0.05) is 25.0 Å². The predicted octanol–water partition coefficient (Wildman–Crippen LogP) is 4.87. The van der Waals surface area contributed by atoms with Crippen molar-refractivity contribution in [3.63, 3.8) is 0 Å². The van der Waals surface area contributed by atoms with Gasteiger partial charge in [0.2, 0.25) is 0 Å². The van der Waals surface area contributed by atoms with E-state index >= 15 is 0 Å². The number of fused-ring (bicyclic) bond motifs is 3. The summed E-state index contributed by atoms with van der Waals surface area (Å²) in [6.07, 6.45) is 4.61. The third-order valence-corrected chi connectivity index (χ3v) is 7.25. The first-order valence-corrected chi connectivity index (χ1v) is 11.4. The molecule has 2 aliphatic heterocycles. The zero-order valence-corrected chi connectivity index (χ0v) is 18.7. The molecule has 1 aliphatic carbocycles. The summed E-state index contributed by atoms with van der Waals surface area (Å²) in [5.41, 5.74) is 4.72. The number of benzene rings is 2. The van der Waals surface area contributed by atoms with Crippen molar-refractivity contribution >= 4 is 5.91 Å². The number of hydrogen-bond acceptors (Lipinski definition) is 4. The molecule has 2 aromatic carbocycles. The van der Waals surface area contributed by atoms with E-state index in [0.29, 0.717) is 13.2 Å². The monoisotopic (exact) mass is 421 g/mol. The lowest BCUT2D eigenvalue weighted by Gasteiger charge is -2.46. The molecule has 0 bridgehead atoms. The second-order valence-electron chi connectivity index (χ2n) is 9.33. The molecule has 5 heteroatoms. The average molecular weight is 422 g/mol. The fourth-order valence-electron chi connectivity index (χ4n) is 5.49. The van der Waals surface area contributed by atoms with Crippen LogP contribution >= 0.6 is 0 Å². The summed E-state index contributed by atoms with van der Waals surface area (Å²) < 4.78 is 17.7. The largest absolute Gasteiger partial charge is 0.486 e. The maximum absolute atomic E-state index is 13.4. The second-order valence-corrected chi connectivity index (χ2v) is 9.33. The molecule has 0 N–H and O–H groups in total. The third-order valence-electron chi connectivity index (χ3n) is 7.25. The van der Waals surface area contributed by atoms with E-state index in [2.05, 4.69) is 25.1 Å². The highest BCUT2D eigenvalue weighted by atomic mass is 16.6. The second kappa shape index (κ2) is 7.77. The van der Waals surface area contributed by atoms with Crippen LogP contribution in [0.1, 0.15) is 60.9 Å². The van der Waals surface area contributed by atoms with Gasteiger partial charge in [-0.05, 0) is 74.1 Å². The molecule has 5 rings (SSSR count). The van der Waals surface area contributed by atoms with Gasteiger partial charge in [-0.3, -0.25) is 4.79 Å². The molecule has 1 saturated carbocycles. The predicted molar refractivity (Wildman–Crippen MR) is 119 cm³/mol. The van der Waals surface area contributed by atoms with Crippen LogP contribution < -0.4 is 14.2 Å². The Balaban J connectivity index is 1.44. The van der Waals surface area contributed by atoms with Gasteiger partial charge in [-0.2, -0.15) is 0 Å². The molecule has 5 nitrogen and oxygen atoms in total. The van der Waals surface area contributed by atoms with Crippen molar-refractivity contribution in [1.29, 1.82) is 0 Å². The maximum Gasteiger partial charge on any atom is 0.261 e. The van der Waals surface area contributed by atoms with Gasteiger partial charge in [-0.15, -0.1) is 0 Å². The molecule has 31 heavy (non-hydrogen) atoms. The van der Waals surface area contributed by atoms with Crippen molar-refractivity contribution in [3.05, 3.63) is 52.6 Å². The van der Waals surface area contributed by atoms with Gasteiger partial charge in [0.15, 0.2) is 18.1 Å². The van der Waals surface area contributed by atoms with Crippen molar-refractivity contribution in [2.75, 3.05) is 26.4 Å². The lowest BCUT2D eigenvalue weighted by atomic mass is 9.71. The zero-order valence-electron chi connectivity index (χ0n) is 18.7. The van der Waals surface area contributed by atoms with Crippen LogP contribution in [0.15, 0.2) is 30.3 Å². The molecule has 3 aliphatic rings. The van der Waals surface area contributed by atoms with E-state index in [1.807, 2.05) is 30.9 Å². The van der Waals surface area contributed by atoms with E-state index in [9.17, 15) is 4.79 Å². The molecule has 0 radical (unpaired) electrons. The smallest absolute Gasteiger partial charge is 0.261 e. The number of nitrogens with zero attached hydrogens (tertiary/aromatic N) is 1. The molecule has 2 aromatic rings. The molecule has 1 amide bonds. The van der Waals surface area contributed by atoms with Crippen LogP contribution in [0.2, 0.25) is 0 Å². The van der Waals surface area contributed by atoms with Crippen molar-refractivity contribution in [2.45, 2.75) is 57.9 Å². The van der Waals surface area contributed by atoms with E-state index < -0.39 is 0 Å². The number of amides is 1. The zero-order chi connectivity index (χ0) is 21.6. The highest BCUT2D eigenvalue weighted by Gasteiger charge is 2.46. The van der Waals surface area contributed by atoms with Gasteiger partial charge >= 0.3 is 0 Å². The first-order valence-electron chi connectivity index (χ1n) is 11.4. The molecule has 2 heterocycles. The average Bonchev–Trinajstić information content (AvgIpc) is 3.25. The molecule has 1 spiro atoms. The minimum atomic E-state index is -0.0215. The van der Waals surface area contributed by atoms with E-state index in [-0.39, 0.29) is 24.0 Å². The molecule has 164 valence electrons. The minimum Gasteiger partial charge on any atom is -0.486 e. The topological polar surface area (TPSA) is 48.0 Å². The number of carbonyl (C=O) groups is 1. The SMILES string of the molecule is Cc1ccc(C)c(OCC(=O)N2CC3(CCCC3)c3cc4c(cc3C2C)OCCO4)c1. The van der Waals surface area contributed by atoms with Crippen LogP contribution in [0, 0.1) is 13.8 Å². The Kier molecular flexibility index (Phi) is 5.07. The standard InChI is InChI=1S/C26H31NO4/c1-17-6-7-18(2)22(12-17)31-15-25(28)27-16-26(8-4-5-9-26)21-14-24-23(29-10-11-30-24)13-20(21)19(27)3/h6-7,12-14,19H,4-5,8-11,15-16H2,1-3H3. The van der Waals surface area contributed by atoms with Crippen LogP contribution in [-0.2, 0) is 10.2 Å². The Bertz CT molecular complexity index is 1010. The summed E-state index contributed by atoms with van der Waals surface area (Å²) in [6.45, 7) is 8.13. The Morgan fingerprint density at radius 1 is 1.10 bits per heavy atom. The fraction of sp³-hybridized carbons (Fsp3) is 0.500. The summed E-state index contributed by atoms with van der Waals surface area (Å²) in [7, 11) is 0. The summed E-state index contributed by atoms with van der Waals surface area (Å²) in [5.74, 6) is 2.47. The Morgan fingerprint density at radius 2 is 1.81 bits per heavy atom. The van der Waals surface area contributed by atoms with Crippen molar-refractivity contribution in [2.24, 2.45) is 0 Å². The fourth-order valence-corrected chi connectivity index (χ4v) is 5.49. The van der Waals surface area contributed by atoms with Crippen LogP contribution in [-0.4, -0.2) is 37.2 Å². The Morgan fingerprint density at radius 3 is 2.55 bits per heavy atom. The van der Waals surface area contributed by atoms with Gasteiger partial charge in [0.1, 0.15) is 19.0 Å². The van der Waals surface area contributed by atoms with E-state index in [1.54, 1.807) is 0 Å². The first-order chi connectivity index (χ1) is 15.0. The van der Waals surface area contributed by atoms with Gasteiger partial charge in [0, 0.05) is 12.0 Å². The number of ether oxygens (including phenoxy) is 3. The highest BCUT2D eigenvalue weighted by Crippen LogP contribution is 2.51. The quantitative estimate of drug-likeness (QED) is 0.710.